The summed E-state index contributed by atoms with van der Waals surface area (Å²) in [7, 11) is 0. The van der Waals surface area contributed by atoms with Crippen molar-refractivity contribution < 1.29 is 0 Å². The Kier molecular flexibility index (Phi) is 7.85. The summed E-state index contributed by atoms with van der Waals surface area (Å²) in [6.07, 6.45) is 0. The van der Waals surface area contributed by atoms with E-state index in [0.29, 0.717) is 0 Å². The zero-order valence-corrected chi connectivity index (χ0v) is 29.5. The summed E-state index contributed by atoms with van der Waals surface area (Å²) >= 11 is 0. The van der Waals surface area contributed by atoms with E-state index < -0.39 is 0 Å². The van der Waals surface area contributed by atoms with Crippen molar-refractivity contribution in [2.24, 2.45) is 0 Å². The van der Waals surface area contributed by atoms with Crippen LogP contribution in [0.2, 0.25) is 0 Å². The molecule has 0 saturated heterocycles. The molecule has 0 bridgehead atoms. The third kappa shape index (κ3) is 5.62. The number of hydrogen-bond acceptors (Lipinski definition) is 2. The maximum atomic E-state index is 5.03. The first-order valence-electron chi connectivity index (χ1n) is 18.4. The van der Waals surface area contributed by atoms with Gasteiger partial charge in [-0.1, -0.05) is 200 Å². The molecular formula is C52H34N2. The van der Waals surface area contributed by atoms with Gasteiger partial charge in [0.1, 0.15) is 0 Å². The molecule has 2 nitrogen and oxygen atoms in total. The van der Waals surface area contributed by atoms with Gasteiger partial charge in [-0.25, -0.2) is 9.97 Å². The maximum Gasteiger partial charge on any atom is 0.160 e. The lowest BCUT2D eigenvalue weighted by molar-refractivity contribution is 1.18. The zero-order chi connectivity index (χ0) is 35.8. The van der Waals surface area contributed by atoms with Gasteiger partial charge in [0, 0.05) is 16.7 Å². The highest BCUT2D eigenvalue weighted by molar-refractivity contribution is 6.27. The van der Waals surface area contributed by atoms with Crippen molar-refractivity contribution in [2.45, 2.75) is 0 Å². The van der Waals surface area contributed by atoms with E-state index in [9.17, 15) is 0 Å². The Balaban J connectivity index is 1.06. The number of nitrogens with zero attached hydrogens (tertiary/aromatic N) is 2. The molecule has 0 aliphatic rings. The highest BCUT2D eigenvalue weighted by atomic mass is 14.9. The van der Waals surface area contributed by atoms with Crippen molar-refractivity contribution in [3.8, 4) is 67.3 Å². The Hall–Kier alpha value is -7.16. The third-order valence-corrected chi connectivity index (χ3v) is 10.5. The van der Waals surface area contributed by atoms with Gasteiger partial charge in [0.2, 0.25) is 0 Å². The van der Waals surface area contributed by atoms with E-state index in [-0.39, 0.29) is 0 Å². The van der Waals surface area contributed by atoms with Gasteiger partial charge in [-0.3, -0.25) is 0 Å². The Morgan fingerprint density at radius 1 is 0.259 bits per heavy atom. The number of rotatable bonds is 6. The molecule has 0 N–H and O–H groups in total. The van der Waals surface area contributed by atoms with Crippen molar-refractivity contribution in [2.75, 3.05) is 0 Å². The first-order valence-corrected chi connectivity index (χ1v) is 18.4. The van der Waals surface area contributed by atoms with Crippen LogP contribution in [0, 0.1) is 0 Å². The van der Waals surface area contributed by atoms with Gasteiger partial charge < -0.3 is 0 Å². The highest BCUT2D eigenvalue weighted by Crippen LogP contribution is 2.46. The smallest absolute Gasteiger partial charge is 0.160 e. The SMILES string of the molecule is c1ccc(-c2cc(-c3ccc(-c4ccc(-c5c6ccccc6c(-c6ccccc6)c6c5ccc5ccccc56)cc4)cc3)nc(-c3ccccc3)n2)cc1. The van der Waals surface area contributed by atoms with E-state index in [4.69, 9.17) is 9.97 Å². The summed E-state index contributed by atoms with van der Waals surface area (Å²) in [6, 6.07) is 73.5. The number of fused-ring (bicyclic) bond motifs is 4. The van der Waals surface area contributed by atoms with Crippen LogP contribution in [0.15, 0.2) is 206 Å². The van der Waals surface area contributed by atoms with Crippen LogP contribution in [0.25, 0.3) is 99.6 Å². The van der Waals surface area contributed by atoms with Gasteiger partial charge in [-0.2, -0.15) is 0 Å². The van der Waals surface area contributed by atoms with Gasteiger partial charge in [0.15, 0.2) is 5.82 Å². The molecule has 1 heterocycles. The summed E-state index contributed by atoms with van der Waals surface area (Å²) in [5.74, 6) is 0.719. The second-order valence-electron chi connectivity index (χ2n) is 13.7. The van der Waals surface area contributed by atoms with Gasteiger partial charge in [0.05, 0.1) is 11.4 Å². The summed E-state index contributed by atoms with van der Waals surface area (Å²) in [4.78, 5) is 9.99. The number of hydrogen-bond donors (Lipinski definition) is 0. The van der Waals surface area contributed by atoms with Crippen LogP contribution in [0.4, 0.5) is 0 Å². The lowest BCUT2D eigenvalue weighted by atomic mass is 9.84. The first kappa shape index (κ1) is 31.6. The molecule has 9 aromatic carbocycles. The fourth-order valence-electron chi connectivity index (χ4n) is 7.89. The number of aromatic nitrogens is 2. The van der Waals surface area contributed by atoms with Gasteiger partial charge in [-0.15, -0.1) is 0 Å². The molecule has 0 atom stereocenters. The molecule has 2 heteroatoms. The summed E-state index contributed by atoms with van der Waals surface area (Å²) < 4.78 is 0. The van der Waals surface area contributed by atoms with Crippen LogP contribution < -0.4 is 0 Å². The van der Waals surface area contributed by atoms with E-state index in [0.717, 1.165) is 39.5 Å². The molecule has 10 aromatic rings. The molecular weight excluding hydrogens is 653 g/mol. The molecule has 1 aromatic heterocycles. The molecule has 0 unspecified atom stereocenters. The lowest BCUT2D eigenvalue weighted by Gasteiger charge is -2.19. The van der Waals surface area contributed by atoms with Crippen molar-refractivity contribution >= 4 is 32.3 Å². The van der Waals surface area contributed by atoms with Gasteiger partial charge in [-0.05, 0) is 71.8 Å². The third-order valence-electron chi connectivity index (χ3n) is 10.5. The molecule has 0 aliphatic heterocycles. The molecule has 0 spiro atoms. The van der Waals surface area contributed by atoms with E-state index in [1.165, 1.54) is 60.1 Å². The zero-order valence-electron chi connectivity index (χ0n) is 29.5. The van der Waals surface area contributed by atoms with Crippen molar-refractivity contribution in [1.29, 1.82) is 0 Å². The van der Waals surface area contributed by atoms with E-state index in [1.807, 2.05) is 36.4 Å². The second-order valence-corrected chi connectivity index (χ2v) is 13.7. The summed E-state index contributed by atoms with van der Waals surface area (Å²) in [5, 5.41) is 7.59. The van der Waals surface area contributed by atoms with Gasteiger partial charge >= 0.3 is 0 Å². The summed E-state index contributed by atoms with van der Waals surface area (Å²) in [5.41, 5.74) is 12.2. The monoisotopic (exact) mass is 686 g/mol. The minimum absolute atomic E-state index is 0.719. The van der Waals surface area contributed by atoms with E-state index in [2.05, 4.69) is 170 Å². The Morgan fingerprint density at radius 3 is 1.30 bits per heavy atom. The van der Waals surface area contributed by atoms with Crippen LogP contribution in [0.5, 0.6) is 0 Å². The van der Waals surface area contributed by atoms with Crippen LogP contribution in [-0.4, -0.2) is 9.97 Å². The van der Waals surface area contributed by atoms with Crippen LogP contribution in [0.1, 0.15) is 0 Å². The van der Waals surface area contributed by atoms with Crippen molar-refractivity contribution in [3.63, 3.8) is 0 Å². The average Bonchev–Trinajstić information content (AvgIpc) is 3.26. The molecule has 252 valence electrons. The molecule has 0 fully saturated rings. The summed E-state index contributed by atoms with van der Waals surface area (Å²) in [6.45, 7) is 0. The largest absolute Gasteiger partial charge is 0.228 e. The quantitative estimate of drug-likeness (QED) is 0.129. The molecule has 0 aliphatic carbocycles. The Bertz CT molecular complexity index is 2880. The molecule has 54 heavy (non-hydrogen) atoms. The molecule has 0 amide bonds. The standard InChI is InChI=1S/C52H34N2/c1-4-15-38(16-5-1)47-34-48(54-52(53-47)42-19-8-3-9-20-42)39-28-24-35(25-29-39)36-26-30-41(31-27-36)49-44-22-12-13-23-45(44)50(40-17-6-2-7-18-40)51-43-21-11-10-14-37(43)32-33-46(49)51/h1-34H. The van der Waals surface area contributed by atoms with E-state index in [1.54, 1.807) is 0 Å². The molecule has 0 saturated carbocycles. The fourth-order valence-corrected chi connectivity index (χ4v) is 7.89. The van der Waals surface area contributed by atoms with E-state index >= 15 is 0 Å². The van der Waals surface area contributed by atoms with Crippen LogP contribution >= 0.6 is 0 Å². The normalized spacial score (nSPS) is 11.3. The predicted octanol–water partition coefficient (Wildman–Crippen LogP) is 13.9. The maximum absolute atomic E-state index is 5.03. The first-order chi connectivity index (χ1) is 26.8. The fraction of sp³-hybridized carbons (Fsp3) is 0. The topological polar surface area (TPSA) is 25.8 Å². The van der Waals surface area contributed by atoms with Crippen LogP contribution in [-0.2, 0) is 0 Å². The number of benzene rings is 9. The Morgan fingerprint density at radius 2 is 0.685 bits per heavy atom. The minimum atomic E-state index is 0.719. The highest BCUT2D eigenvalue weighted by Gasteiger charge is 2.19. The van der Waals surface area contributed by atoms with Crippen LogP contribution in [0.3, 0.4) is 0 Å². The predicted molar refractivity (Wildman–Crippen MR) is 227 cm³/mol. The molecule has 0 radical (unpaired) electrons. The average molecular weight is 687 g/mol. The lowest BCUT2D eigenvalue weighted by Crippen LogP contribution is -1.95. The second kappa shape index (κ2) is 13.4. The Labute approximate surface area is 314 Å². The van der Waals surface area contributed by atoms with Gasteiger partial charge in [0.25, 0.3) is 0 Å². The van der Waals surface area contributed by atoms with Crippen molar-refractivity contribution in [1.82, 2.24) is 9.97 Å². The minimum Gasteiger partial charge on any atom is -0.228 e. The molecule has 10 rings (SSSR count). The van der Waals surface area contributed by atoms with Crippen molar-refractivity contribution in [3.05, 3.63) is 206 Å².